The second-order valence-electron chi connectivity index (χ2n) is 6.05. The molecule has 4 rings (SSSR count). The fourth-order valence-electron chi connectivity index (χ4n) is 2.84. The molecule has 0 saturated heterocycles. The highest BCUT2D eigenvalue weighted by Gasteiger charge is 2.10. The van der Waals surface area contributed by atoms with Gasteiger partial charge in [-0.05, 0) is 35.9 Å². The third kappa shape index (κ3) is 3.88. The zero-order valence-electron chi connectivity index (χ0n) is 14.5. The molecule has 2 aromatic carbocycles. The van der Waals surface area contributed by atoms with Gasteiger partial charge in [-0.3, -0.25) is 0 Å². The number of imidazole rings is 1. The Morgan fingerprint density at radius 1 is 0.962 bits per heavy atom. The van der Waals surface area contributed by atoms with E-state index in [9.17, 15) is 0 Å². The predicted molar refractivity (Wildman–Crippen MR) is 102 cm³/mol. The molecular weight excluding hydrogens is 326 g/mol. The number of nitrogens with zero attached hydrogens (tertiary/aromatic N) is 2. The highest BCUT2D eigenvalue weighted by atomic mass is 16.5. The highest BCUT2D eigenvalue weighted by molar-refractivity contribution is 5.63. The third-order valence-corrected chi connectivity index (χ3v) is 4.20. The number of aromatic nitrogens is 2. The summed E-state index contributed by atoms with van der Waals surface area (Å²) in [7, 11) is 0. The fourth-order valence-corrected chi connectivity index (χ4v) is 2.84. The standard InChI is InChI=1S/C21H21N3O2/c1-2-5-17(6-3-1)15-26-19-10-8-18(9-11-19)25-14-13-24-16-23-20-7-4-12-22-21(20)24/h1-11,16,22H,12-15H2. The van der Waals surface area contributed by atoms with Crippen LogP contribution in [0.2, 0.25) is 0 Å². The molecule has 1 aliphatic rings. The second-order valence-corrected chi connectivity index (χ2v) is 6.05. The van der Waals surface area contributed by atoms with Gasteiger partial charge in [0, 0.05) is 6.54 Å². The minimum absolute atomic E-state index is 0.564. The molecule has 5 heteroatoms. The molecule has 26 heavy (non-hydrogen) atoms. The van der Waals surface area contributed by atoms with Crippen LogP contribution in [0.1, 0.15) is 11.3 Å². The number of rotatable bonds is 7. The molecule has 0 unspecified atom stereocenters. The summed E-state index contributed by atoms with van der Waals surface area (Å²) in [5, 5.41) is 3.34. The minimum atomic E-state index is 0.564. The highest BCUT2D eigenvalue weighted by Crippen LogP contribution is 2.21. The predicted octanol–water partition coefficient (Wildman–Crippen LogP) is 3.98. The summed E-state index contributed by atoms with van der Waals surface area (Å²) in [6.07, 6.45) is 5.95. The Bertz CT molecular complexity index is 870. The van der Waals surface area contributed by atoms with Gasteiger partial charge in [-0.15, -0.1) is 0 Å². The Hall–Kier alpha value is -3.21. The first-order valence-electron chi connectivity index (χ1n) is 8.73. The van der Waals surface area contributed by atoms with Gasteiger partial charge in [-0.1, -0.05) is 36.4 Å². The average Bonchev–Trinajstić information content (AvgIpc) is 3.11. The van der Waals surface area contributed by atoms with E-state index in [2.05, 4.69) is 33.1 Å². The van der Waals surface area contributed by atoms with Gasteiger partial charge in [-0.25, -0.2) is 4.98 Å². The maximum Gasteiger partial charge on any atom is 0.133 e. The van der Waals surface area contributed by atoms with Crippen LogP contribution in [0.25, 0.3) is 6.08 Å². The fraction of sp³-hybridized carbons (Fsp3) is 0.190. The molecule has 0 saturated carbocycles. The first-order valence-corrected chi connectivity index (χ1v) is 8.73. The molecule has 1 aliphatic heterocycles. The van der Waals surface area contributed by atoms with Gasteiger partial charge < -0.3 is 19.4 Å². The third-order valence-electron chi connectivity index (χ3n) is 4.20. The number of hydrogen-bond donors (Lipinski definition) is 1. The molecule has 0 atom stereocenters. The molecule has 1 aromatic heterocycles. The van der Waals surface area contributed by atoms with Crippen molar-refractivity contribution in [2.24, 2.45) is 0 Å². The second kappa shape index (κ2) is 7.78. The lowest BCUT2D eigenvalue weighted by atomic mass is 10.2. The first-order chi connectivity index (χ1) is 12.9. The van der Waals surface area contributed by atoms with Gasteiger partial charge in [-0.2, -0.15) is 0 Å². The minimum Gasteiger partial charge on any atom is -0.492 e. The van der Waals surface area contributed by atoms with Crippen LogP contribution >= 0.6 is 0 Å². The van der Waals surface area contributed by atoms with Crippen LogP contribution in [0.4, 0.5) is 5.82 Å². The van der Waals surface area contributed by atoms with E-state index >= 15 is 0 Å². The summed E-state index contributed by atoms with van der Waals surface area (Å²) in [6.45, 7) is 2.73. The molecular formula is C21H21N3O2. The molecule has 0 radical (unpaired) electrons. The van der Waals surface area contributed by atoms with Crippen molar-refractivity contribution in [1.82, 2.24) is 9.55 Å². The van der Waals surface area contributed by atoms with E-state index in [1.807, 2.05) is 54.9 Å². The van der Waals surface area contributed by atoms with Gasteiger partial charge >= 0.3 is 0 Å². The van der Waals surface area contributed by atoms with Gasteiger partial charge in [0.15, 0.2) is 0 Å². The molecule has 2 heterocycles. The Kier molecular flexibility index (Phi) is 4.87. The molecule has 0 aliphatic carbocycles. The maximum absolute atomic E-state index is 5.84. The van der Waals surface area contributed by atoms with Crippen LogP contribution in [0.3, 0.4) is 0 Å². The van der Waals surface area contributed by atoms with Crippen LogP contribution in [0, 0.1) is 0 Å². The molecule has 0 fully saturated rings. The van der Waals surface area contributed by atoms with E-state index in [1.165, 1.54) is 0 Å². The van der Waals surface area contributed by atoms with E-state index in [-0.39, 0.29) is 0 Å². The van der Waals surface area contributed by atoms with Crippen LogP contribution < -0.4 is 14.8 Å². The Labute approximate surface area is 152 Å². The molecule has 3 aromatic rings. The topological polar surface area (TPSA) is 48.3 Å². The van der Waals surface area contributed by atoms with Crippen LogP contribution in [0.5, 0.6) is 11.5 Å². The van der Waals surface area contributed by atoms with Crippen LogP contribution in [-0.2, 0) is 13.2 Å². The van der Waals surface area contributed by atoms with Crippen molar-refractivity contribution in [3.8, 4) is 11.5 Å². The van der Waals surface area contributed by atoms with Gasteiger partial charge in [0.2, 0.25) is 0 Å². The van der Waals surface area contributed by atoms with E-state index in [0.29, 0.717) is 13.2 Å². The van der Waals surface area contributed by atoms with Crippen LogP contribution in [-0.4, -0.2) is 22.7 Å². The number of hydrogen-bond acceptors (Lipinski definition) is 4. The summed E-state index contributed by atoms with van der Waals surface area (Å²) in [4.78, 5) is 4.38. The van der Waals surface area contributed by atoms with Crippen LogP contribution in [0.15, 0.2) is 67.0 Å². The number of anilines is 1. The van der Waals surface area contributed by atoms with Crippen molar-refractivity contribution < 1.29 is 9.47 Å². The van der Waals surface area contributed by atoms with E-state index in [1.54, 1.807) is 0 Å². The summed E-state index contributed by atoms with van der Waals surface area (Å²) in [5.41, 5.74) is 2.14. The quantitative estimate of drug-likeness (QED) is 0.702. The Balaban J connectivity index is 1.27. The molecule has 132 valence electrons. The Morgan fingerprint density at radius 3 is 2.54 bits per heavy atom. The number of fused-ring (bicyclic) bond motifs is 1. The average molecular weight is 347 g/mol. The number of nitrogens with one attached hydrogen (secondary N) is 1. The molecule has 0 spiro atoms. The zero-order valence-corrected chi connectivity index (χ0v) is 14.5. The molecule has 5 nitrogen and oxygen atoms in total. The van der Waals surface area contributed by atoms with Gasteiger partial charge in [0.25, 0.3) is 0 Å². The molecule has 1 N–H and O–H groups in total. The Morgan fingerprint density at radius 2 is 1.73 bits per heavy atom. The van der Waals surface area contributed by atoms with Crippen molar-refractivity contribution in [1.29, 1.82) is 0 Å². The lowest BCUT2D eigenvalue weighted by Gasteiger charge is -2.13. The van der Waals surface area contributed by atoms with Crippen molar-refractivity contribution in [3.63, 3.8) is 0 Å². The lowest BCUT2D eigenvalue weighted by molar-refractivity contribution is 0.293. The smallest absolute Gasteiger partial charge is 0.133 e. The lowest BCUT2D eigenvalue weighted by Crippen LogP contribution is -2.13. The van der Waals surface area contributed by atoms with Gasteiger partial charge in [0.05, 0.1) is 12.9 Å². The van der Waals surface area contributed by atoms with Crippen molar-refractivity contribution in [2.75, 3.05) is 18.5 Å². The maximum atomic E-state index is 5.84. The number of benzene rings is 2. The van der Waals surface area contributed by atoms with Gasteiger partial charge in [0.1, 0.15) is 36.2 Å². The monoisotopic (exact) mass is 347 g/mol. The number of ether oxygens (including phenoxy) is 2. The van der Waals surface area contributed by atoms with E-state index < -0.39 is 0 Å². The summed E-state index contributed by atoms with van der Waals surface area (Å²) >= 11 is 0. The van der Waals surface area contributed by atoms with Crippen molar-refractivity contribution in [3.05, 3.63) is 78.3 Å². The SMILES string of the molecule is C1=Cc2ncn(CCOc3ccc(OCc4ccccc4)cc3)c2NC1. The zero-order chi connectivity index (χ0) is 17.6. The summed E-state index contributed by atoms with van der Waals surface area (Å²) in [6, 6.07) is 17.9. The van der Waals surface area contributed by atoms with Crippen molar-refractivity contribution in [2.45, 2.75) is 13.2 Å². The summed E-state index contributed by atoms with van der Waals surface area (Å²) < 4.78 is 13.7. The largest absolute Gasteiger partial charge is 0.492 e. The first kappa shape index (κ1) is 16.3. The normalized spacial score (nSPS) is 12.3. The molecule has 0 amide bonds. The van der Waals surface area contributed by atoms with E-state index in [4.69, 9.17) is 9.47 Å². The summed E-state index contributed by atoms with van der Waals surface area (Å²) in [5.74, 6) is 2.72. The van der Waals surface area contributed by atoms with E-state index in [0.717, 1.165) is 41.7 Å². The molecule has 0 bridgehead atoms. The van der Waals surface area contributed by atoms with Crippen molar-refractivity contribution >= 4 is 11.9 Å².